The van der Waals surface area contributed by atoms with Crippen LogP contribution in [0.1, 0.15) is 24.0 Å². The van der Waals surface area contributed by atoms with Crippen molar-refractivity contribution < 1.29 is 24.0 Å². The molecule has 0 unspecified atom stereocenters. The summed E-state index contributed by atoms with van der Waals surface area (Å²) in [7, 11) is 1.36. The fourth-order valence-corrected chi connectivity index (χ4v) is 6.92. The standard InChI is InChI=1S/C24H21ClN4O6/c1-11-8-13-20(14(25)9-11)26-23(32)24(13)19-18(15-4-3-7-27(15)24)21(30)28(22(19)31)16-10-12(29(33)34)5-6-17(16)35-2/h5-6,8-10,15,18-19H,3-4,7H2,1-2H3,(H,26,32)/t15-,18+,19-,24-/m0/s1. The number of benzene rings is 2. The fourth-order valence-electron chi connectivity index (χ4n) is 6.60. The maximum Gasteiger partial charge on any atom is 0.271 e. The van der Waals surface area contributed by atoms with Gasteiger partial charge in [0.25, 0.3) is 11.6 Å². The molecule has 11 heteroatoms. The summed E-state index contributed by atoms with van der Waals surface area (Å²) in [6.45, 7) is 2.43. The van der Waals surface area contributed by atoms with E-state index < -0.39 is 34.1 Å². The molecule has 0 radical (unpaired) electrons. The maximum absolute atomic E-state index is 14.1. The van der Waals surface area contributed by atoms with Crippen LogP contribution < -0.4 is 15.0 Å². The monoisotopic (exact) mass is 496 g/mol. The fraction of sp³-hybridized carbons (Fsp3) is 0.375. The Kier molecular flexibility index (Phi) is 4.56. The van der Waals surface area contributed by atoms with Crippen LogP contribution in [0.2, 0.25) is 5.02 Å². The van der Waals surface area contributed by atoms with Crippen molar-refractivity contribution in [3.8, 4) is 5.75 Å². The number of rotatable bonds is 3. The summed E-state index contributed by atoms with van der Waals surface area (Å²) in [6, 6.07) is 7.06. The van der Waals surface area contributed by atoms with Gasteiger partial charge in [-0.1, -0.05) is 17.7 Å². The lowest BCUT2D eigenvalue weighted by atomic mass is 9.75. The molecule has 0 bridgehead atoms. The van der Waals surface area contributed by atoms with Crippen molar-refractivity contribution in [1.29, 1.82) is 0 Å². The van der Waals surface area contributed by atoms with E-state index in [4.69, 9.17) is 16.3 Å². The zero-order chi connectivity index (χ0) is 24.8. The zero-order valence-electron chi connectivity index (χ0n) is 18.9. The average molecular weight is 497 g/mol. The minimum Gasteiger partial charge on any atom is -0.495 e. The summed E-state index contributed by atoms with van der Waals surface area (Å²) in [5.74, 6) is -3.05. The normalized spacial score (nSPS) is 28.9. The quantitative estimate of drug-likeness (QED) is 0.393. The largest absolute Gasteiger partial charge is 0.495 e. The van der Waals surface area contributed by atoms with Crippen molar-refractivity contribution in [1.82, 2.24) is 4.90 Å². The Labute approximate surface area is 204 Å². The Morgan fingerprint density at radius 2 is 1.97 bits per heavy atom. The van der Waals surface area contributed by atoms with Crippen molar-refractivity contribution in [2.24, 2.45) is 11.8 Å². The van der Waals surface area contributed by atoms with Crippen LogP contribution in [0.15, 0.2) is 30.3 Å². The van der Waals surface area contributed by atoms with Gasteiger partial charge in [-0.25, -0.2) is 4.90 Å². The van der Waals surface area contributed by atoms with Gasteiger partial charge in [0.05, 0.1) is 34.6 Å². The molecule has 0 saturated carbocycles. The third kappa shape index (κ3) is 2.61. The van der Waals surface area contributed by atoms with E-state index >= 15 is 0 Å². The summed E-state index contributed by atoms with van der Waals surface area (Å²) in [5, 5.41) is 14.7. The lowest BCUT2D eigenvalue weighted by Gasteiger charge is -2.36. The molecular formula is C24H21ClN4O6. The number of nitrogens with one attached hydrogen (secondary N) is 1. The van der Waals surface area contributed by atoms with Gasteiger partial charge in [-0.05, 0) is 44.0 Å². The van der Waals surface area contributed by atoms with Gasteiger partial charge in [-0.2, -0.15) is 0 Å². The van der Waals surface area contributed by atoms with Crippen LogP contribution in [0.5, 0.6) is 5.75 Å². The number of ether oxygens (including phenoxy) is 1. The minimum atomic E-state index is -1.38. The first-order valence-corrected chi connectivity index (χ1v) is 11.7. The molecule has 10 nitrogen and oxygen atoms in total. The molecule has 3 saturated heterocycles. The van der Waals surface area contributed by atoms with Crippen LogP contribution in [0.25, 0.3) is 0 Å². The highest BCUT2D eigenvalue weighted by atomic mass is 35.5. The van der Waals surface area contributed by atoms with Gasteiger partial charge in [0.15, 0.2) is 0 Å². The van der Waals surface area contributed by atoms with E-state index in [2.05, 4.69) is 5.32 Å². The number of hydrogen-bond donors (Lipinski definition) is 1. The summed E-state index contributed by atoms with van der Waals surface area (Å²) in [5.41, 5.74) is 0.236. The molecule has 4 heterocycles. The van der Waals surface area contributed by atoms with E-state index in [1.54, 1.807) is 6.07 Å². The number of non-ortho nitro benzene ring substituents is 1. The molecule has 2 aromatic rings. The van der Waals surface area contributed by atoms with Crippen LogP contribution in [-0.2, 0) is 19.9 Å². The number of anilines is 2. The highest BCUT2D eigenvalue weighted by molar-refractivity contribution is 6.35. The Morgan fingerprint density at radius 3 is 2.69 bits per heavy atom. The first kappa shape index (κ1) is 22.0. The van der Waals surface area contributed by atoms with E-state index in [1.165, 1.54) is 25.3 Å². The van der Waals surface area contributed by atoms with Crippen LogP contribution >= 0.6 is 11.6 Å². The van der Waals surface area contributed by atoms with E-state index in [-0.39, 0.29) is 29.1 Å². The van der Waals surface area contributed by atoms with E-state index in [1.807, 2.05) is 17.9 Å². The van der Waals surface area contributed by atoms with Gasteiger partial charge >= 0.3 is 0 Å². The third-order valence-corrected chi connectivity index (χ3v) is 8.11. The lowest BCUT2D eigenvalue weighted by molar-refractivity contribution is -0.384. The van der Waals surface area contributed by atoms with E-state index in [0.717, 1.165) is 16.9 Å². The minimum absolute atomic E-state index is 0.00620. The van der Waals surface area contributed by atoms with Crippen molar-refractivity contribution in [3.63, 3.8) is 0 Å². The summed E-state index contributed by atoms with van der Waals surface area (Å²) in [6.07, 6.45) is 1.43. The molecule has 0 aromatic heterocycles. The third-order valence-electron chi connectivity index (χ3n) is 7.81. The smallest absolute Gasteiger partial charge is 0.271 e. The number of nitrogens with zero attached hydrogens (tertiary/aromatic N) is 3. The SMILES string of the molecule is COc1ccc([N+](=O)[O-])cc1N1C(=O)[C@H]2[C@@H](C1=O)[C@@]1(C(=O)Nc3c(Cl)cc(C)cc31)N1CCC[C@@H]21. The van der Waals surface area contributed by atoms with Gasteiger partial charge < -0.3 is 10.1 Å². The second kappa shape index (κ2) is 7.25. The van der Waals surface area contributed by atoms with Gasteiger partial charge in [-0.3, -0.25) is 29.4 Å². The molecule has 180 valence electrons. The van der Waals surface area contributed by atoms with Crippen molar-refractivity contribution >= 4 is 46.4 Å². The Bertz CT molecular complexity index is 1360. The number of imide groups is 1. The number of fused-ring (bicyclic) bond motifs is 7. The molecule has 3 fully saturated rings. The highest BCUT2D eigenvalue weighted by Crippen LogP contribution is 2.62. The molecule has 1 spiro atoms. The number of carbonyl (C=O) groups excluding carboxylic acids is 3. The van der Waals surface area contributed by atoms with Gasteiger partial charge in [0.2, 0.25) is 11.8 Å². The zero-order valence-corrected chi connectivity index (χ0v) is 19.7. The molecular weight excluding hydrogens is 476 g/mol. The topological polar surface area (TPSA) is 122 Å². The number of nitro groups is 1. The number of methoxy groups -OCH3 is 1. The van der Waals surface area contributed by atoms with Gasteiger partial charge in [-0.15, -0.1) is 0 Å². The van der Waals surface area contributed by atoms with Crippen molar-refractivity contribution in [3.05, 3.63) is 56.6 Å². The second-order valence-corrected chi connectivity index (χ2v) is 9.83. The molecule has 4 aliphatic rings. The molecule has 35 heavy (non-hydrogen) atoms. The van der Waals surface area contributed by atoms with Crippen LogP contribution in [0.3, 0.4) is 0 Å². The number of amides is 3. The van der Waals surface area contributed by atoms with Crippen LogP contribution in [-0.4, -0.2) is 47.2 Å². The van der Waals surface area contributed by atoms with Crippen molar-refractivity contribution in [2.75, 3.05) is 23.9 Å². The molecule has 1 N–H and O–H groups in total. The molecule has 3 amide bonds. The van der Waals surface area contributed by atoms with Gasteiger partial charge in [0.1, 0.15) is 17.0 Å². The van der Waals surface area contributed by atoms with E-state index in [9.17, 15) is 24.5 Å². The lowest BCUT2D eigenvalue weighted by Crippen LogP contribution is -2.54. The molecule has 6 rings (SSSR count). The highest BCUT2D eigenvalue weighted by Gasteiger charge is 2.75. The molecule has 0 aliphatic carbocycles. The number of halogens is 1. The summed E-state index contributed by atoms with van der Waals surface area (Å²) >= 11 is 6.49. The first-order valence-electron chi connectivity index (χ1n) is 11.3. The summed E-state index contributed by atoms with van der Waals surface area (Å²) < 4.78 is 5.35. The van der Waals surface area contributed by atoms with Crippen LogP contribution in [0, 0.1) is 28.9 Å². The Hall–Kier alpha value is -3.50. The Balaban J connectivity index is 1.57. The maximum atomic E-state index is 14.1. The predicted octanol–water partition coefficient (Wildman–Crippen LogP) is 3.00. The molecule has 4 atom stereocenters. The number of nitro benzene ring substituents is 1. The average Bonchev–Trinajstić information content (AvgIpc) is 3.52. The molecule has 4 aliphatic heterocycles. The number of hydrogen-bond acceptors (Lipinski definition) is 7. The predicted molar refractivity (Wildman–Crippen MR) is 125 cm³/mol. The van der Waals surface area contributed by atoms with E-state index in [0.29, 0.717) is 29.2 Å². The second-order valence-electron chi connectivity index (χ2n) is 9.42. The van der Waals surface area contributed by atoms with Gasteiger partial charge in [0, 0.05) is 23.7 Å². The number of carbonyl (C=O) groups is 3. The Morgan fingerprint density at radius 1 is 1.20 bits per heavy atom. The summed E-state index contributed by atoms with van der Waals surface area (Å²) in [4.78, 5) is 55.5. The molecule has 2 aromatic carbocycles. The van der Waals surface area contributed by atoms with Crippen LogP contribution in [0.4, 0.5) is 17.1 Å². The first-order chi connectivity index (χ1) is 16.7. The van der Waals surface area contributed by atoms with Crippen molar-refractivity contribution in [2.45, 2.75) is 31.3 Å². The number of aryl methyl sites for hydroxylation is 1.